The van der Waals surface area contributed by atoms with Crippen LogP contribution < -0.4 is 4.90 Å². The van der Waals surface area contributed by atoms with Gasteiger partial charge in [-0.05, 0) is 25.5 Å². The molecule has 1 fully saturated rings. The van der Waals surface area contributed by atoms with Gasteiger partial charge >= 0.3 is 0 Å². The predicted octanol–water partition coefficient (Wildman–Crippen LogP) is 3.58. The summed E-state index contributed by atoms with van der Waals surface area (Å²) in [4.78, 5) is 25.8. The van der Waals surface area contributed by atoms with Crippen LogP contribution in [0.2, 0.25) is 0 Å². The second-order valence-corrected chi connectivity index (χ2v) is 7.44. The molecule has 3 rings (SSSR count). The Hall–Kier alpha value is -2.69. The van der Waals surface area contributed by atoms with Crippen molar-refractivity contribution in [3.05, 3.63) is 59.1 Å². The number of carbonyl (C=O) groups is 1. The fraction of sp³-hybridized carbons (Fsp3) is 0.409. The van der Waals surface area contributed by atoms with E-state index < -0.39 is 0 Å². The zero-order valence-electron chi connectivity index (χ0n) is 16.6. The van der Waals surface area contributed by atoms with Gasteiger partial charge in [0.2, 0.25) is 5.91 Å². The van der Waals surface area contributed by atoms with E-state index in [4.69, 9.17) is 4.98 Å². The Labute approximate surface area is 161 Å². The molecule has 0 unspecified atom stereocenters. The molecule has 1 aromatic carbocycles. The van der Waals surface area contributed by atoms with Gasteiger partial charge in [-0.25, -0.2) is 9.97 Å². The van der Waals surface area contributed by atoms with Crippen molar-refractivity contribution in [2.24, 2.45) is 0 Å². The number of aryl methyl sites for hydroxylation is 2. The van der Waals surface area contributed by atoms with Gasteiger partial charge in [-0.15, -0.1) is 0 Å². The molecule has 0 aliphatic carbocycles. The van der Waals surface area contributed by atoms with E-state index in [9.17, 15) is 4.79 Å². The van der Waals surface area contributed by atoms with E-state index in [1.807, 2.05) is 36.1 Å². The van der Waals surface area contributed by atoms with Crippen LogP contribution in [0.5, 0.6) is 0 Å². The summed E-state index contributed by atoms with van der Waals surface area (Å²) in [7, 11) is 0. The van der Waals surface area contributed by atoms with Crippen molar-refractivity contribution in [2.45, 2.75) is 33.6 Å². The van der Waals surface area contributed by atoms with Crippen LogP contribution in [0.4, 0.5) is 5.82 Å². The minimum Gasteiger partial charge on any atom is -0.353 e. The number of piperazine rings is 1. The molecule has 0 bridgehead atoms. The van der Waals surface area contributed by atoms with Gasteiger partial charge in [-0.3, -0.25) is 4.79 Å². The Kier molecular flexibility index (Phi) is 5.89. The number of nitrogens with zero attached hydrogens (tertiary/aromatic N) is 4. The molecule has 27 heavy (non-hydrogen) atoms. The van der Waals surface area contributed by atoms with Crippen molar-refractivity contribution < 1.29 is 4.79 Å². The van der Waals surface area contributed by atoms with Gasteiger partial charge in [0.1, 0.15) is 11.6 Å². The van der Waals surface area contributed by atoms with Crippen LogP contribution >= 0.6 is 0 Å². The Morgan fingerprint density at radius 1 is 1.04 bits per heavy atom. The van der Waals surface area contributed by atoms with Crippen molar-refractivity contribution in [1.29, 1.82) is 0 Å². The average molecular weight is 364 g/mol. The lowest BCUT2D eigenvalue weighted by Crippen LogP contribution is -2.48. The number of aromatic nitrogens is 2. The van der Waals surface area contributed by atoms with Gasteiger partial charge in [0.15, 0.2) is 0 Å². The molecule has 1 saturated heterocycles. The predicted molar refractivity (Wildman–Crippen MR) is 110 cm³/mol. The van der Waals surface area contributed by atoms with E-state index in [1.54, 1.807) is 6.08 Å². The highest BCUT2D eigenvalue weighted by atomic mass is 16.2. The first-order valence-corrected chi connectivity index (χ1v) is 9.56. The third-order valence-electron chi connectivity index (χ3n) is 4.79. The van der Waals surface area contributed by atoms with Gasteiger partial charge in [-0.2, -0.15) is 0 Å². The van der Waals surface area contributed by atoms with Crippen molar-refractivity contribution in [3.63, 3.8) is 0 Å². The fourth-order valence-electron chi connectivity index (χ4n) is 3.10. The second kappa shape index (κ2) is 8.33. The van der Waals surface area contributed by atoms with Gasteiger partial charge in [0, 0.05) is 49.9 Å². The molecule has 1 aliphatic heterocycles. The smallest absolute Gasteiger partial charge is 0.246 e. The maximum atomic E-state index is 12.5. The summed E-state index contributed by atoms with van der Waals surface area (Å²) in [5.74, 6) is 2.22. The van der Waals surface area contributed by atoms with E-state index in [2.05, 4.69) is 42.8 Å². The maximum absolute atomic E-state index is 12.5. The molecule has 2 aromatic rings. The summed E-state index contributed by atoms with van der Waals surface area (Å²) in [5, 5.41) is 0. The molecule has 5 heteroatoms. The summed E-state index contributed by atoms with van der Waals surface area (Å²) in [6.45, 7) is 11.3. The maximum Gasteiger partial charge on any atom is 0.246 e. The van der Waals surface area contributed by atoms with Crippen LogP contribution in [-0.2, 0) is 4.79 Å². The van der Waals surface area contributed by atoms with Crippen LogP contribution in [0.3, 0.4) is 0 Å². The third-order valence-corrected chi connectivity index (χ3v) is 4.79. The Morgan fingerprint density at radius 3 is 2.33 bits per heavy atom. The molecule has 1 amide bonds. The summed E-state index contributed by atoms with van der Waals surface area (Å²) in [6.07, 6.45) is 3.56. The van der Waals surface area contributed by atoms with Gasteiger partial charge in [0.05, 0.1) is 0 Å². The lowest BCUT2D eigenvalue weighted by Gasteiger charge is -2.35. The first kappa shape index (κ1) is 19.1. The number of rotatable bonds is 4. The molecule has 1 aliphatic rings. The monoisotopic (exact) mass is 364 g/mol. The number of anilines is 1. The molecule has 0 radical (unpaired) electrons. The van der Waals surface area contributed by atoms with E-state index in [1.165, 1.54) is 5.56 Å². The van der Waals surface area contributed by atoms with Crippen LogP contribution in [0.1, 0.15) is 42.4 Å². The van der Waals surface area contributed by atoms with Gasteiger partial charge < -0.3 is 9.80 Å². The first-order valence-electron chi connectivity index (χ1n) is 9.56. The molecule has 2 heterocycles. The second-order valence-electron chi connectivity index (χ2n) is 7.44. The third kappa shape index (κ3) is 4.94. The molecular formula is C22H28N4O. The Morgan fingerprint density at radius 2 is 1.70 bits per heavy atom. The highest BCUT2D eigenvalue weighted by Crippen LogP contribution is 2.19. The zero-order valence-corrected chi connectivity index (χ0v) is 16.6. The number of hydrogen-bond donors (Lipinski definition) is 0. The van der Waals surface area contributed by atoms with Crippen LogP contribution in [-0.4, -0.2) is 47.0 Å². The lowest BCUT2D eigenvalue weighted by molar-refractivity contribution is -0.126. The lowest BCUT2D eigenvalue weighted by atomic mass is 10.1. The van der Waals surface area contributed by atoms with E-state index in [0.717, 1.165) is 36.0 Å². The van der Waals surface area contributed by atoms with E-state index in [0.29, 0.717) is 19.0 Å². The van der Waals surface area contributed by atoms with Crippen LogP contribution in [0.25, 0.3) is 6.08 Å². The van der Waals surface area contributed by atoms with Gasteiger partial charge in [0.25, 0.3) is 0 Å². The number of hydrogen-bond acceptors (Lipinski definition) is 4. The first-order chi connectivity index (χ1) is 12.9. The summed E-state index contributed by atoms with van der Waals surface area (Å²) < 4.78 is 0. The molecule has 0 atom stereocenters. The molecule has 5 nitrogen and oxygen atoms in total. The highest BCUT2D eigenvalue weighted by Gasteiger charge is 2.21. The number of amides is 1. The minimum atomic E-state index is 0.0666. The van der Waals surface area contributed by atoms with Crippen LogP contribution in [0, 0.1) is 13.8 Å². The van der Waals surface area contributed by atoms with Crippen molar-refractivity contribution in [1.82, 2.24) is 14.9 Å². The van der Waals surface area contributed by atoms with Crippen LogP contribution in [0.15, 0.2) is 36.4 Å². The number of carbonyl (C=O) groups excluding carboxylic acids is 1. The summed E-state index contributed by atoms with van der Waals surface area (Å²) >= 11 is 0. The normalized spacial score (nSPS) is 15.0. The molecule has 0 saturated carbocycles. The van der Waals surface area contributed by atoms with Crippen molar-refractivity contribution in [3.8, 4) is 0 Å². The molecule has 0 N–H and O–H groups in total. The zero-order chi connectivity index (χ0) is 19.4. The number of benzene rings is 1. The van der Waals surface area contributed by atoms with E-state index >= 15 is 0 Å². The fourth-order valence-corrected chi connectivity index (χ4v) is 3.10. The molecular weight excluding hydrogens is 336 g/mol. The topological polar surface area (TPSA) is 49.3 Å². The highest BCUT2D eigenvalue weighted by molar-refractivity contribution is 5.92. The van der Waals surface area contributed by atoms with Crippen molar-refractivity contribution in [2.75, 3.05) is 31.1 Å². The molecule has 142 valence electrons. The SMILES string of the molecule is Cc1ccc(/C=C/C(=O)N2CCN(c3cc(C)nc(C(C)C)n3)CC2)cc1. The van der Waals surface area contributed by atoms with Gasteiger partial charge in [-0.1, -0.05) is 43.7 Å². The quantitative estimate of drug-likeness (QED) is 0.778. The summed E-state index contributed by atoms with van der Waals surface area (Å²) in [5.41, 5.74) is 3.25. The largest absolute Gasteiger partial charge is 0.353 e. The van der Waals surface area contributed by atoms with E-state index in [-0.39, 0.29) is 5.91 Å². The van der Waals surface area contributed by atoms with Crippen molar-refractivity contribution >= 4 is 17.8 Å². The summed E-state index contributed by atoms with van der Waals surface area (Å²) in [6, 6.07) is 10.2. The molecule has 1 aromatic heterocycles. The Balaban J connectivity index is 1.60. The Bertz CT molecular complexity index is 819. The molecule has 0 spiro atoms. The average Bonchev–Trinajstić information content (AvgIpc) is 2.67. The minimum absolute atomic E-state index is 0.0666. The standard InChI is InChI=1S/C22H28N4O/c1-16(2)22-23-18(4)15-20(24-22)25-11-13-26(14-12-25)21(27)10-9-19-7-5-17(3)6-8-19/h5-10,15-16H,11-14H2,1-4H3/b10-9+.